The van der Waals surface area contributed by atoms with Crippen LogP contribution >= 0.6 is 23.2 Å². The average molecular weight is 615 g/mol. The number of esters is 1. The van der Waals surface area contributed by atoms with E-state index in [1.54, 1.807) is 65.6 Å². The van der Waals surface area contributed by atoms with Gasteiger partial charge in [0.15, 0.2) is 0 Å². The van der Waals surface area contributed by atoms with E-state index in [-0.39, 0.29) is 23.5 Å². The zero-order chi connectivity index (χ0) is 30.7. The molecule has 1 N–H and O–H groups in total. The number of benzene rings is 3. The summed E-state index contributed by atoms with van der Waals surface area (Å²) >= 11 is 12.4. The van der Waals surface area contributed by atoms with E-state index in [4.69, 9.17) is 32.7 Å². The van der Waals surface area contributed by atoms with E-state index >= 15 is 0 Å². The predicted octanol–water partition coefficient (Wildman–Crippen LogP) is 7.22. The summed E-state index contributed by atoms with van der Waals surface area (Å²) in [6.07, 6.45) is 0.719. The van der Waals surface area contributed by atoms with Crippen LogP contribution in [0.2, 0.25) is 10.0 Å². The minimum absolute atomic E-state index is 0.140. The van der Waals surface area contributed by atoms with Gasteiger partial charge in [-0.25, -0.2) is 4.79 Å². The number of nitrogens with zero attached hydrogens (tertiary/aromatic N) is 2. The standard InChI is InChI=1S/C31H33Cl2N3O6/c1-30(2,3)42-29(38)35-17-15-25(16-18-35)34-26-19-22(9-14-27(26)36(39)40)31(28(37)41-4,20-5-10-23(32)11-6-20)21-7-12-24(33)13-8-21/h5-14,19,25,34H,15-18H2,1-4H3. The van der Waals surface area contributed by atoms with Crippen molar-refractivity contribution in [3.05, 3.63) is 104 Å². The van der Waals surface area contributed by atoms with Crippen molar-refractivity contribution in [2.45, 2.75) is 50.7 Å². The van der Waals surface area contributed by atoms with Crippen LogP contribution in [0.3, 0.4) is 0 Å². The summed E-state index contributed by atoms with van der Waals surface area (Å²) in [5, 5.41) is 16.4. The monoisotopic (exact) mass is 613 g/mol. The van der Waals surface area contributed by atoms with E-state index in [0.29, 0.717) is 52.7 Å². The molecule has 0 radical (unpaired) electrons. The van der Waals surface area contributed by atoms with Crippen LogP contribution in [0.25, 0.3) is 0 Å². The molecule has 11 heteroatoms. The number of amides is 1. The molecule has 3 aromatic carbocycles. The Morgan fingerprint density at radius 3 is 1.86 bits per heavy atom. The number of hydrogen-bond donors (Lipinski definition) is 1. The summed E-state index contributed by atoms with van der Waals surface area (Å²) in [5.74, 6) is -0.586. The summed E-state index contributed by atoms with van der Waals surface area (Å²) in [5.41, 5.74) is -0.400. The number of ether oxygens (including phenoxy) is 2. The fourth-order valence-electron chi connectivity index (χ4n) is 5.20. The van der Waals surface area contributed by atoms with Gasteiger partial charge in [0.25, 0.3) is 5.69 Å². The van der Waals surface area contributed by atoms with E-state index < -0.39 is 21.9 Å². The second-order valence-corrected chi connectivity index (χ2v) is 12.0. The van der Waals surface area contributed by atoms with Crippen molar-refractivity contribution in [1.82, 2.24) is 4.90 Å². The summed E-state index contributed by atoms with van der Waals surface area (Å²) in [4.78, 5) is 39.6. The molecule has 0 atom stereocenters. The van der Waals surface area contributed by atoms with Gasteiger partial charge in [0, 0.05) is 35.2 Å². The van der Waals surface area contributed by atoms with E-state index in [1.165, 1.54) is 13.2 Å². The predicted molar refractivity (Wildman–Crippen MR) is 162 cm³/mol. The van der Waals surface area contributed by atoms with Gasteiger partial charge in [0.2, 0.25) is 0 Å². The average Bonchev–Trinajstić information content (AvgIpc) is 2.94. The van der Waals surface area contributed by atoms with E-state index in [9.17, 15) is 19.7 Å². The topological polar surface area (TPSA) is 111 Å². The first-order valence-electron chi connectivity index (χ1n) is 13.5. The summed E-state index contributed by atoms with van der Waals surface area (Å²) in [6, 6.07) is 18.0. The molecule has 1 saturated heterocycles. The maximum absolute atomic E-state index is 13.8. The van der Waals surface area contributed by atoms with E-state index in [0.717, 1.165) is 0 Å². The number of carbonyl (C=O) groups excluding carboxylic acids is 2. The number of halogens is 2. The van der Waals surface area contributed by atoms with Crippen molar-refractivity contribution < 1.29 is 24.0 Å². The van der Waals surface area contributed by atoms with Crippen LogP contribution in [-0.4, -0.2) is 53.7 Å². The highest BCUT2D eigenvalue weighted by Crippen LogP contribution is 2.43. The summed E-state index contributed by atoms with van der Waals surface area (Å²) in [6.45, 7) is 6.30. The van der Waals surface area contributed by atoms with Gasteiger partial charge in [-0.05, 0) is 80.6 Å². The molecule has 4 rings (SSSR count). The Morgan fingerprint density at radius 1 is 0.905 bits per heavy atom. The second kappa shape index (κ2) is 12.6. The van der Waals surface area contributed by atoms with Crippen molar-refractivity contribution in [3.63, 3.8) is 0 Å². The molecule has 0 spiro atoms. The molecule has 9 nitrogen and oxygen atoms in total. The Labute approximate surface area is 254 Å². The number of carbonyl (C=O) groups is 2. The number of nitro groups is 1. The Hall–Kier alpha value is -3.82. The third-order valence-corrected chi connectivity index (χ3v) is 7.68. The Bertz CT molecular complexity index is 1400. The number of methoxy groups -OCH3 is 1. The van der Waals surface area contributed by atoms with Gasteiger partial charge in [0.1, 0.15) is 16.7 Å². The summed E-state index contributed by atoms with van der Waals surface area (Å²) in [7, 11) is 1.30. The highest BCUT2D eigenvalue weighted by Gasteiger charge is 2.46. The van der Waals surface area contributed by atoms with E-state index in [1.807, 2.05) is 20.8 Å². The van der Waals surface area contributed by atoms with Crippen LogP contribution in [0, 0.1) is 10.1 Å². The first kappa shape index (κ1) is 31.1. The van der Waals surface area contributed by atoms with Gasteiger partial charge in [-0.15, -0.1) is 0 Å². The molecule has 0 unspecified atom stereocenters. The number of piperidine rings is 1. The maximum Gasteiger partial charge on any atom is 0.410 e. The first-order valence-corrected chi connectivity index (χ1v) is 14.2. The molecule has 42 heavy (non-hydrogen) atoms. The van der Waals surface area contributed by atoms with Gasteiger partial charge >= 0.3 is 12.1 Å². The van der Waals surface area contributed by atoms with Gasteiger partial charge in [-0.2, -0.15) is 0 Å². The Morgan fingerprint density at radius 2 is 1.40 bits per heavy atom. The number of hydrogen-bond acceptors (Lipinski definition) is 7. The number of nitro benzene ring substituents is 1. The van der Waals surface area contributed by atoms with Crippen LogP contribution in [-0.2, 0) is 19.7 Å². The lowest BCUT2D eigenvalue weighted by Gasteiger charge is -2.35. The van der Waals surface area contributed by atoms with Crippen molar-refractivity contribution in [3.8, 4) is 0 Å². The number of rotatable bonds is 7. The van der Waals surface area contributed by atoms with Gasteiger partial charge in [-0.3, -0.25) is 14.9 Å². The van der Waals surface area contributed by atoms with Crippen LogP contribution in [0.5, 0.6) is 0 Å². The van der Waals surface area contributed by atoms with Crippen molar-refractivity contribution >= 4 is 46.6 Å². The molecule has 222 valence electrons. The van der Waals surface area contributed by atoms with Crippen molar-refractivity contribution in [2.24, 2.45) is 0 Å². The molecule has 1 heterocycles. The fraction of sp³-hybridized carbons (Fsp3) is 0.355. The van der Waals surface area contributed by atoms with Crippen LogP contribution in [0.4, 0.5) is 16.2 Å². The normalized spacial score (nSPS) is 14.3. The highest BCUT2D eigenvalue weighted by atomic mass is 35.5. The van der Waals surface area contributed by atoms with Crippen LogP contribution in [0.1, 0.15) is 50.3 Å². The fourth-order valence-corrected chi connectivity index (χ4v) is 5.46. The molecule has 3 aromatic rings. The molecule has 0 aromatic heterocycles. The molecule has 0 aliphatic carbocycles. The SMILES string of the molecule is COC(=O)C(c1ccc(Cl)cc1)(c1ccc(Cl)cc1)c1ccc([N+](=O)[O-])c(NC2CCN(C(=O)OC(C)(C)C)CC2)c1. The highest BCUT2D eigenvalue weighted by molar-refractivity contribution is 6.30. The quantitative estimate of drug-likeness (QED) is 0.129. The molecule has 1 amide bonds. The first-order chi connectivity index (χ1) is 19.8. The van der Waals surface area contributed by atoms with Gasteiger partial charge in [0.05, 0.1) is 12.0 Å². The zero-order valence-electron chi connectivity index (χ0n) is 23.9. The molecule has 1 fully saturated rings. The third kappa shape index (κ3) is 6.63. The van der Waals surface area contributed by atoms with Crippen LogP contribution < -0.4 is 5.32 Å². The molecular formula is C31H33Cl2N3O6. The number of anilines is 1. The molecule has 0 bridgehead atoms. The Kier molecular flexibility index (Phi) is 9.33. The van der Waals surface area contributed by atoms with Gasteiger partial charge < -0.3 is 19.7 Å². The smallest absolute Gasteiger partial charge is 0.410 e. The van der Waals surface area contributed by atoms with Crippen LogP contribution in [0.15, 0.2) is 66.7 Å². The van der Waals surface area contributed by atoms with Crippen molar-refractivity contribution in [1.29, 1.82) is 0 Å². The van der Waals surface area contributed by atoms with E-state index in [2.05, 4.69) is 5.32 Å². The third-order valence-electron chi connectivity index (χ3n) is 7.18. The Balaban J connectivity index is 1.76. The lowest BCUT2D eigenvalue weighted by molar-refractivity contribution is -0.384. The maximum atomic E-state index is 13.8. The van der Waals surface area contributed by atoms with Gasteiger partial charge in [-0.1, -0.05) is 53.5 Å². The lowest BCUT2D eigenvalue weighted by atomic mass is 9.69. The summed E-state index contributed by atoms with van der Waals surface area (Å²) < 4.78 is 10.9. The largest absolute Gasteiger partial charge is 0.468 e. The molecular weight excluding hydrogens is 581 g/mol. The minimum Gasteiger partial charge on any atom is -0.468 e. The molecule has 0 saturated carbocycles. The minimum atomic E-state index is -1.49. The molecule has 1 aliphatic heterocycles. The lowest BCUT2D eigenvalue weighted by Crippen LogP contribution is -2.44. The number of likely N-dealkylation sites (tertiary alicyclic amines) is 1. The second-order valence-electron chi connectivity index (χ2n) is 11.1. The molecule has 1 aliphatic rings. The zero-order valence-corrected chi connectivity index (χ0v) is 25.4. The number of nitrogens with one attached hydrogen (secondary N) is 1. The van der Waals surface area contributed by atoms with Crippen molar-refractivity contribution in [2.75, 3.05) is 25.5 Å².